The van der Waals surface area contributed by atoms with E-state index in [0.29, 0.717) is 6.04 Å². The highest BCUT2D eigenvalue weighted by Crippen LogP contribution is 2.35. The molecule has 4 N–H and O–H groups in total. The summed E-state index contributed by atoms with van der Waals surface area (Å²) in [5.74, 6) is 1.13. The van der Waals surface area contributed by atoms with Crippen molar-refractivity contribution in [1.29, 1.82) is 0 Å². The molecule has 0 radical (unpaired) electrons. The lowest BCUT2D eigenvalue weighted by molar-refractivity contribution is -0.145. The van der Waals surface area contributed by atoms with Crippen molar-refractivity contribution >= 4 is 12.1 Å². The molecule has 10 heteroatoms. The number of alkyl carbamates (subject to hydrolysis) is 1. The number of carbonyl (C=O) groups is 2. The minimum Gasteiger partial charge on any atom is -0.463 e. The van der Waals surface area contributed by atoms with Crippen LogP contribution in [-0.2, 0) is 23.7 Å². The maximum atomic E-state index is 12.3. The number of carbonyl (C=O) groups excluding carboxylic acids is 2. The van der Waals surface area contributed by atoms with Crippen LogP contribution in [0.25, 0.3) is 0 Å². The van der Waals surface area contributed by atoms with Crippen molar-refractivity contribution in [3.05, 3.63) is 0 Å². The first-order valence-corrected chi connectivity index (χ1v) is 13.5. The minimum atomic E-state index is -0.910. The van der Waals surface area contributed by atoms with Crippen LogP contribution in [-0.4, -0.2) is 92.8 Å². The van der Waals surface area contributed by atoms with E-state index in [-0.39, 0.29) is 45.2 Å². The zero-order chi connectivity index (χ0) is 26.3. The van der Waals surface area contributed by atoms with Gasteiger partial charge in [-0.1, -0.05) is 0 Å². The molecule has 0 bridgehead atoms. The van der Waals surface area contributed by atoms with Crippen molar-refractivity contribution in [3.63, 3.8) is 0 Å². The van der Waals surface area contributed by atoms with E-state index in [1.807, 2.05) is 0 Å². The highest BCUT2D eigenvalue weighted by molar-refractivity contribution is 5.67. The lowest BCUT2D eigenvalue weighted by Gasteiger charge is -2.34. The molecule has 210 valence electrons. The quantitative estimate of drug-likeness (QED) is 0.241. The van der Waals surface area contributed by atoms with Gasteiger partial charge in [0.1, 0.15) is 18.8 Å². The maximum Gasteiger partial charge on any atom is 0.407 e. The lowest BCUT2D eigenvalue weighted by atomic mass is 9.76. The Morgan fingerprint density at radius 3 is 2.08 bits per heavy atom. The SMILES string of the molecule is CNC1CCC(CC2CCC(NC(=O)OC(CO)COC(C)COCC(O)COC(C)=O)CC2)CC1. The van der Waals surface area contributed by atoms with Gasteiger partial charge in [0.2, 0.25) is 0 Å². The minimum absolute atomic E-state index is 0.00299. The summed E-state index contributed by atoms with van der Waals surface area (Å²) in [7, 11) is 2.06. The number of hydrogen-bond donors (Lipinski definition) is 4. The predicted octanol–water partition coefficient (Wildman–Crippen LogP) is 2.15. The molecule has 0 aromatic carbocycles. The summed E-state index contributed by atoms with van der Waals surface area (Å²) in [6, 6.07) is 0.801. The third kappa shape index (κ3) is 12.7. The summed E-state index contributed by atoms with van der Waals surface area (Å²) in [4.78, 5) is 23.1. The van der Waals surface area contributed by atoms with Crippen LogP contribution in [0.2, 0.25) is 0 Å². The molecule has 0 aliphatic heterocycles. The third-order valence-corrected chi connectivity index (χ3v) is 7.28. The summed E-state index contributed by atoms with van der Waals surface area (Å²) in [5.41, 5.74) is 0. The van der Waals surface area contributed by atoms with Crippen LogP contribution in [0, 0.1) is 11.8 Å². The number of nitrogens with one attached hydrogen (secondary N) is 2. The fraction of sp³-hybridized carbons (Fsp3) is 0.923. The van der Waals surface area contributed by atoms with E-state index >= 15 is 0 Å². The smallest absolute Gasteiger partial charge is 0.407 e. The Hall–Kier alpha value is -1.46. The van der Waals surface area contributed by atoms with E-state index < -0.39 is 24.3 Å². The second-order valence-electron chi connectivity index (χ2n) is 10.5. The third-order valence-electron chi connectivity index (χ3n) is 7.28. The first-order valence-electron chi connectivity index (χ1n) is 13.5. The number of hydrogen-bond acceptors (Lipinski definition) is 9. The molecule has 2 aliphatic carbocycles. The first-order chi connectivity index (χ1) is 17.3. The number of aliphatic hydroxyl groups excluding tert-OH is 2. The van der Waals surface area contributed by atoms with Crippen LogP contribution in [0.5, 0.6) is 0 Å². The van der Waals surface area contributed by atoms with Crippen LogP contribution in [0.4, 0.5) is 4.79 Å². The van der Waals surface area contributed by atoms with Gasteiger partial charge in [0, 0.05) is 19.0 Å². The van der Waals surface area contributed by atoms with Gasteiger partial charge in [0.25, 0.3) is 0 Å². The number of ether oxygens (including phenoxy) is 4. The Kier molecular flexibility index (Phi) is 14.6. The van der Waals surface area contributed by atoms with E-state index in [2.05, 4.69) is 17.7 Å². The molecule has 2 fully saturated rings. The molecule has 3 atom stereocenters. The molecule has 36 heavy (non-hydrogen) atoms. The Labute approximate surface area is 215 Å². The van der Waals surface area contributed by atoms with Crippen molar-refractivity contribution in [2.45, 2.75) is 102 Å². The molecule has 0 saturated heterocycles. The molecule has 0 heterocycles. The van der Waals surface area contributed by atoms with Gasteiger partial charge in [-0.15, -0.1) is 0 Å². The van der Waals surface area contributed by atoms with Crippen LogP contribution in [0.1, 0.15) is 71.6 Å². The van der Waals surface area contributed by atoms with Gasteiger partial charge >= 0.3 is 12.1 Å². The molecule has 0 spiro atoms. The van der Waals surface area contributed by atoms with Crippen LogP contribution in [0.15, 0.2) is 0 Å². The molecular formula is C26H48N2O8. The summed E-state index contributed by atoms with van der Waals surface area (Å²) >= 11 is 0. The van der Waals surface area contributed by atoms with Gasteiger partial charge in [0.15, 0.2) is 0 Å². The summed E-state index contributed by atoms with van der Waals surface area (Å²) in [6.45, 7) is 2.81. The first kappa shape index (κ1) is 30.8. The molecule has 2 saturated carbocycles. The summed E-state index contributed by atoms with van der Waals surface area (Å²) in [6.07, 6.45) is 8.17. The Balaban J connectivity index is 1.55. The van der Waals surface area contributed by atoms with Gasteiger partial charge in [-0.2, -0.15) is 0 Å². The molecule has 0 aromatic heterocycles. The molecule has 10 nitrogen and oxygen atoms in total. The van der Waals surface area contributed by atoms with Crippen molar-refractivity contribution in [3.8, 4) is 0 Å². The number of amides is 1. The molecule has 3 unspecified atom stereocenters. The van der Waals surface area contributed by atoms with E-state index in [0.717, 1.165) is 37.5 Å². The van der Waals surface area contributed by atoms with Gasteiger partial charge < -0.3 is 39.8 Å². The van der Waals surface area contributed by atoms with Gasteiger partial charge in [-0.3, -0.25) is 4.79 Å². The van der Waals surface area contributed by atoms with E-state index in [9.17, 15) is 19.8 Å². The van der Waals surface area contributed by atoms with Gasteiger partial charge in [-0.25, -0.2) is 4.79 Å². The van der Waals surface area contributed by atoms with Crippen LogP contribution < -0.4 is 10.6 Å². The Bertz CT molecular complexity index is 621. The fourth-order valence-corrected chi connectivity index (χ4v) is 5.13. The maximum absolute atomic E-state index is 12.3. The molecule has 0 aromatic rings. The number of aliphatic hydroxyl groups is 2. The van der Waals surface area contributed by atoms with Crippen LogP contribution >= 0.6 is 0 Å². The summed E-state index contributed by atoms with van der Waals surface area (Å²) in [5, 5.41) is 25.6. The van der Waals surface area contributed by atoms with Gasteiger partial charge in [0.05, 0.1) is 32.5 Å². The van der Waals surface area contributed by atoms with E-state index in [4.69, 9.17) is 18.9 Å². The second-order valence-corrected chi connectivity index (χ2v) is 10.5. The molecule has 2 aliphatic rings. The Morgan fingerprint density at radius 2 is 1.53 bits per heavy atom. The van der Waals surface area contributed by atoms with Gasteiger partial charge in [-0.05, 0) is 83.6 Å². The largest absolute Gasteiger partial charge is 0.463 e. The zero-order valence-electron chi connectivity index (χ0n) is 22.3. The fourth-order valence-electron chi connectivity index (χ4n) is 5.13. The number of rotatable bonds is 15. The molecule has 2 rings (SSSR count). The van der Waals surface area contributed by atoms with Crippen molar-refractivity contribution < 1.29 is 38.7 Å². The van der Waals surface area contributed by atoms with Crippen LogP contribution in [0.3, 0.4) is 0 Å². The highest BCUT2D eigenvalue weighted by atomic mass is 16.6. The molecule has 1 amide bonds. The summed E-state index contributed by atoms with van der Waals surface area (Å²) < 4.78 is 21.0. The van der Waals surface area contributed by atoms with Crippen molar-refractivity contribution in [1.82, 2.24) is 10.6 Å². The monoisotopic (exact) mass is 516 g/mol. The van der Waals surface area contributed by atoms with E-state index in [1.165, 1.54) is 39.0 Å². The lowest BCUT2D eigenvalue weighted by Crippen LogP contribution is -2.41. The van der Waals surface area contributed by atoms with Crippen molar-refractivity contribution in [2.24, 2.45) is 11.8 Å². The molecular weight excluding hydrogens is 468 g/mol. The van der Waals surface area contributed by atoms with Crippen molar-refractivity contribution in [2.75, 3.05) is 40.1 Å². The van der Waals surface area contributed by atoms with E-state index in [1.54, 1.807) is 6.92 Å². The normalized spacial score (nSPS) is 27.0. The Morgan fingerprint density at radius 1 is 0.917 bits per heavy atom. The average Bonchev–Trinajstić information content (AvgIpc) is 2.87. The topological polar surface area (TPSA) is 136 Å². The highest BCUT2D eigenvalue weighted by Gasteiger charge is 2.28. The number of esters is 1. The standard InChI is InChI=1S/C26H48N2O8/c1-18(14-33-15-24(31)16-35-19(2)30)34-17-25(13-29)36-26(32)28-23-10-6-21(7-11-23)12-20-4-8-22(27-3)9-5-20/h18,20-25,27,29,31H,4-17H2,1-3H3,(H,28,32). The second kappa shape index (κ2) is 17.1. The predicted molar refractivity (Wildman–Crippen MR) is 135 cm³/mol. The zero-order valence-corrected chi connectivity index (χ0v) is 22.3. The average molecular weight is 517 g/mol.